The molecule has 0 saturated heterocycles. The lowest BCUT2D eigenvalue weighted by Gasteiger charge is -2.19. The SMILES string of the molecule is CCN(CC)Cc1cc(Nc2ccnc3cc(Cl)ccc23)ccc1O.COc1cc(NS(C)(=O)=O)ccc1Nc1c2ccccc2nc2ccccc12.Nc1c2c(nc3ccccc13)CCCC2.Nc1c2ccccc2nc2ccccc12. The number of pyridine rings is 4. The maximum Gasteiger partial charge on any atom is 0.229 e. The standard InChI is InChI=1S/C21H19N3O3S.C20H22ClN3O.C13H14N2.C13H10N2/c1-27-20-13-14(24-28(2,25)26)11-12-19(20)23-21-15-7-3-5-9-17(15)22-18-10-6-4-8-16(18)21;1-3-24(4-2)13-14-11-16(6-8-20(14)25)23-18-9-10-22-19-12-15(21)5-7-17(18)19;2*14-13-9-5-1-3-7-11(9)15-12-8-4-2-6-10(12)13/h3-13,24H,1-2H3,(H,22,23);5-12,25H,3-4,13H2,1-2H3,(H,22,23);1,3,5,7H,2,4,6,8H2,(H2,14,15);1-8H,(H2,14,15). The fraction of sp³-hybridized carbons (Fsp3) is 0.164. The zero-order chi connectivity index (χ0) is 58.0. The highest BCUT2D eigenvalue weighted by atomic mass is 35.5. The number of anilines is 7. The predicted octanol–water partition coefficient (Wildman–Crippen LogP) is 15.4. The predicted molar refractivity (Wildman–Crippen MR) is 345 cm³/mol. The summed E-state index contributed by atoms with van der Waals surface area (Å²) < 4.78 is 30.9. The van der Waals surface area contributed by atoms with Crippen LogP contribution in [0.1, 0.15) is 43.5 Å². The molecule has 8 aromatic carbocycles. The average Bonchev–Trinajstić information content (AvgIpc) is 3.66. The minimum absolute atomic E-state index is 0.323. The maximum absolute atomic E-state index is 11.5. The Morgan fingerprint density at radius 1 is 0.578 bits per heavy atom. The second kappa shape index (κ2) is 25.7. The first-order chi connectivity index (χ1) is 40.3. The lowest BCUT2D eigenvalue weighted by molar-refractivity contribution is 0.291. The largest absolute Gasteiger partial charge is 0.508 e. The van der Waals surface area contributed by atoms with Crippen molar-refractivity contribution in [1.29, 1.82) is 0 Å². The Hall–Kier alpha value is -9.28. The molecule has 4 aromatic heterocycles. The molecule has 83 heavy (non-hydrogen) atoms. The van der Waals surface area contributed by atoms with Crippen molar-refractivity contribution in [3.8, 4) is 11.5 Å². The van der Waals surface area contributed by atoms with E-state index in [2.05, 4.69) is 50.1 Å². The average molecular weight is 1140 g/mol. The van der Waals surface area contributed by atoms with Crippen LogP contribution in [0.4, 0.5) is 39.8 Å². The number of sulfonamides is 1. The monoisotopic (exact) mass is 1140 g/mol. The number of phenolic OH excluding ortho intramolecular Hbond substituents is 1. The van der Waals surface area contributed by atoms with Gasteiger partial charge in [-0.25, -0.2) is 18.4 Å². The highest BCUT2D eigenvalue weighted by Gasteiger charge is 2.17. The Bertz CT molecular complexity index is 4320. The Morgan fingerprint density at radius 2 is 1.12 bits per heavy atom. The molecule has 420 valence electrons. The number of aryl methyl sites for hydroxylation is 1. The third kappa shape index (κ3) is 13.4. The molecule has 0 unspecified atom stereocenters. The molecule has 0 amide bonds. The number of para-hydroxylation sites is 5. The van der Waals surface area contributed by atoms with E-state index in [-0.39, 0.29) is 0 Å². The number of aromatic nitrogens is 4. The number of fused-ring (bicyclic) bond motifs is 7. The smallest absolute Gasteiger partial charge is 0.229 e. The van der Waals surface area contributed by atoms with E-state index in [0.717, 1.165) is 144 Å². The van der Waals surface area contributed by atoms with Gasteiger partial charge in [-0.3, -0.25) is 19.6 Å². The first-order valence-corrected chi connectivity index (χ1v) is 29.8. The summed E-state index contributed by atoms with van der Waals surface area (Å²) in [6, 6.07) is 58.2. The van der Waals surface area contributed by atoms with Gasteiger partial charge in [0, 0.05) is 84.5 Å². The minimum atomic E-state index is -3.37. The molecule has 12 aromatic rings. The molecule has 13 rings (SSSR count). The normalized spacial score (nSPS) is 12.0. The number of nitrogens with one attached hydrogen (secondary N) is 3. The second-order valence-corrected chi connectivity index (χ2v) is 22.3. The zero-order valence-electron chi connectivity index (χ0n) is 46.7. The van der Waals surface area contributed by atoms with Gasteiger partial charge in [0.15, 0.2) is 0 Å². The van der Waals surface area contributed by atoms with E-state index in [1.165, 1.54) is 24.1 Å². The highest BCUT2D eigenvalue weighted by Crippen LogP contribution is 2.38. The fourth-order valence-electron chi connectivity index (χ4n) is 10.3. The van der Waals surface area contributed by atoms with Crippen molar-refractivity contribution in [2.75, 3.05) is 53.3 Å². The van der Waals surface area contributed by atoms with E-state index in [9.17, 15) is 13.5 Å². The van der Waals surface area contributed by atoms with Crippen molar-refractivity contribution >= 4 is 127 Å². The number of phenols is 1. The van der Waals surface area contributed by atoms with Crippen LogP contribution < -0.4 is 31.6 Å². The molecule has 0 fully saturated rings. The van der Waals surface area contributed by atoms with Crippen LogP contribution in [0.5, 0.6) is 11.5 Å². The van der Waals surface area contributed by atoms with E-state index in [4.69, 9.17) is 37.8 Å². The molecule has 0 spiro atoms. The number of methoxy groups -OCH3 is 1. The van der Waals surface area contributed by atoms with Gasteiger partial charge in [0.2, 0.25) is 10.0 Å². The molecule has 16 heteroatoms. The number of nitrogens with two attached hydrogens (primary N) is 2. The van der Waals surface area contributed by atoms with Crippen LogP contribution in [0.15, 0.2) is 188 Å². The Morgan fingerprint density at radius 3 is 1.71 bits per heavy atom. The molecule has 8 N–H and O–H groups in total. The quantitative estimate of drug-likeness (QED) is 0.0527. The highest BCUT2D eigenvalue weighted by molar-refractivity contribution is 7.92. The van der Waals surface area contributed by atoms with E-state index >= 15 is 0 Å². The molecule has 14 nitrogen and oxygen atoms in total. The Kier molecular flexibility index (Phi) is 17.6. The van der Waals surface area contributed by atoms with Crippen LogP contribution in [0.3, 0.4) is 0 Å². The van der Waals surface area contributed by atoms with Crippen molar-refractivity contribution in [3.05, 3.63) is 210 Å². The van der Waals surface area contributed by atoms with Crippen molar-refractivity contribution < 1.29 is 18.3 Å². The van der Waals surface area contributed by atoms with E-state index in [1.807, 2.05) is 152 Å². The van der Waals surface area contributed by atoms with Crippen LogP contribution in [0.25, 0.3) is 65.4 Å². The van der Waals surface area contributed by atoms with Crippen LogP contribution in [-0.2, 0) is 29.4 Å². The third-order valence-corrected chi connectivity index (χ3v) is 15.4. The van der Waals surface area contributed by atoms with Crippen LogP contribution in [0.2, 0.25) is 5.02 Å². The van der Waals surface area contributed by atoms with Gasteiger partial charge in [-0.05, 0) is 129 Å². The molecule has 0 bridgehead atoms. The lowest BCUT2D eigenvalue weighted by atomic mass is 9.93. The number of hydrogen-bond acceptors (Lipinski definition) is 13. The van der Waals surface area contributed by atoms with Crippen LogP contribution in [-0.4, -0.2) is 64.8 Å². The summed E-state index contributed by atoms with van der Waals surface area (Å²) in [5.74, 6) is 0.849. The molecule has 1 aliphatic carbocycles. The maximum atomic E-state index is 11.5. The molecule has 0 atom stereocenters. The molecule has 1 aliphatic rings. The van der Waals surface area contributed by atoms with Crippen molar-refractivity contribution in [2.24, 2.45) is 0 Å². The van der Waals surface area contributed by atoms with Gasteiger partial charge in [0.25, 0.3) is 0 Å². The number of nitrogens with zero attached hydrogens (tertiary/aromatic N) is 5. The summed E-state index contributed by atoms with van der Waals surface area (Å²) in [5, 5.41) is 23.9. The lowest BCUT2D eigenvalue weighted by Crippen LogP contribution is -2.22. The number of rotatable bonds is 11. The first-order valence-electron chi connectivity index (χ1n) is 27.5. The number of hydrogen-bond donors (Lipinski definition) is 6. The van der Waals surface area contributed by atoms with Gasteiger partial charge in [-0.2, -0.15) is 0 Å². The van der Waals surface area contributed by atoms with Crippen molar-refractivity contribution in [3.63, 3.8) is 0 Å². The number of ether oxygens (including phenoxy) is 1. The summed E-state index contributed by atoms with van der Waals surface area (Å²) >= 11 is 6.05. The number of nitrogen functional groups attached to an aromatic ring is 2. The summed E-state index contributed by atoms with van der Waals surface area (Å²) in [6.07, 6.45) is 7.55. The van der Waals surface area contributed by atoms with Crippen LogP contribution in [0, 0.1) is 0 Å². The molecule has 0 radical (unpaired) electrons. The van der Waals surface area contributed by atoms with Crippen LogP contribution >= 0.6 is 11.6 Å². The molecule has 0 aliphatic heterocycles. The van der Waals surface area contributed by atoms with E-state index in [0.29, 0.717) is 22.2 Å². The zero-order valence-corrected chi connectivity index (χ0v) is 48.3. The number of halogens is 1. The molecule has 0 saturated carbocycles. The number of aromatic hydroxyl groups is 1. The fourth-order valence-corrected chi connectivity index (χ4v) is 11.0. The first kappa shape index (κ1) is 57.0. The minimum Gasteiger partial charge on any atom is -0.508 e. The topological polar surface area (TPSA) is 207 Å². The molecule has 4 heterocycles. The summed E-state index contributed by atoms with van der Waals surface area (Å²) in [7, 11) is -1.82. The van der Waals surface area contributed by atoms with Gasteiger partial charge in [0.05, 0.1) is 69.2 Å². The van der Waals surface area contributed by atoms with Gasteiger partial charge >= 0.3 is 0 Å². The summed E-state index contributed by atoms with van der Waals surface area (Å²) in [4.78, 5) is 20.6. The summed E-state index contributed by atoms with van der Waals surface area (Å²) in [5.41, 5.74) is 27.0. The summed E-state index contributed by atoms with van der Waals surface area (Å²) in [6.45, 7) is 6.86. The van der Waals surface area contributed by atoms with Gasteiger partial charge in [0.1, 0.15) is 11.5 Å². The van der Waals surface area contributed by atoms with Gasteiger partial charge < -0.3 is 31.9 Å². The second-order valence-electron chi connectivity index (χ2n) is 20.1. The van der Waals surface area contributed by atoms with Gasteiger partial charge in [-0.15, -0.1) is 0 Å². The third-order valence-electron chi connectivity index (χ3n) is 14.5. The van der Waals surface area contributed by atoms with E-state index in [1.54, 1.807) is 37.6 Å². The van der Waals surface area contributed by atoms with Gasteiger partial charge in [-0.1, -0.05) is 116 Å². The Balaban J connectivity index is 0.000000128. The van der Waals surface area contributed by atoms with Crippen molar-refractivity contribution in [1.82, 2.24) is 24.8 Å². The van der Waals surface area contributed by atoms with Crippen molar-refractivity contribution in [2.45, 2.75) is 46.1 Å². The number of benzene rings is 8. The van der Waals surface area contributed by atoms with E-state index < -0.39 is 10.0 Å². The molecular formula is C67H65ClN10O4S. The Labute approximate surface area is 488 Å². The molecular weight excluding hydrogens is 1080 g/mol.